The summed E-state index contributed by atoms with van der Waals surface area (Å²) in [5.74, 6) is -4.70. The highest BCUT2D eigenvalue weighted by molar-refractivity contribution is 7.13. The molecule has 0 saturated heterocycles. The average Bonchev–Trinajstić information content (AvgIpc) is 1.65. The molecule has 0 spiro atoms. The monoisotopic (exact) mass is 1370 g/mol. The fraction of sp³-hybridized carbons (Fsp3) is 0.514. The van der Waals surface area contributed by atoms with E-state index in [0.717, 1.165) is 49.9 Å². The lowest BCUT2D eigenvalue weighted by atomic mass is 9.84. The van der Waals surface area contributed by atoms with E-state index in [-0.39, 0.29) is 114 Å². The summed E-state index contributed by atoms with van der Waals surface area (Å²) < 4.78 is 51.9. The minimum atomic E-state index is -1.12. The predicted molar refractivity (Wildman–Crippen MR) is 370 cm³/mol. The molecule has 3 N–H and O–H groups in total. The number of esters is 1. The highest BCUT2D eigenvalue weighted by Gasteiger charge is 2.62. The molecule has 2 amide bonds. The number of aromatic amines is 1. The lowest BCUT2D eigenvalue weighted by molar-refractivity contribution is -0.152. The molecule has 520 valence electrons. The number of nitrogens with zero attached hydrogens (tertiary/aromatic N) is 5. The number of aliphatic hydroxyl groups excluding tert-OH is 1. The number of allylic oxidation sites excluding steroid dienone is 4. The topological polar surface area (TPSA) is 258 Å². The molecule has 5 aliphatic rings. The van der Waals surface area contributed by atoms with Crippen LogP contribution in [0.1, 0.15) is 148 Å². The molecule has 4 fully saturated rings. The zero-order chi connectivity index (χ0) is 70.2. The number of unbranched alkanes of at least 4 members (excludes halogenated alkanes) is 2. The maximum atomic E-state index is 15.6. The van der Waals surface area contributed by atoms with Crippen molar-refractivity contribution in [3.05, 3.63) is 118 Å². The lowest BCUT2D eigenvalue weighted by Gasteiger charge is -2.25. The first-order valence-corrected chi connectivity index (χ1v) is 35.3. The number of ketones is 2. The van der Waals surface area contributed by atoms with E-state index >= 15 is 4.39 Å². The quantitative estimate of drug-likeness (QED) is 0.0344. The normalized spacial score (nSPS) is 24.8. The zero-order valence-corrected chi connectivity index (χ0v) is 58.5. The molecule has 97 heavy (non-hydrogen) atoms. The number of hydrogen-bond donors (Lipinski definition) is 3. The SMILES string of the molecule is C=CCCCCN(C)C(=O)[C@@H]1C[C@@H](O)C[C@H]1C(=O)C[C@]1(C(=O)OCC)C[C@H]1C=C.COc1ccc2c(=O)cc(-c3nc(C(C)C)cs3)[nH]c2c1F.COc1ccc2c(O[C@@H]3C[C@H]4C(=O)C[C@]5(C(=O)O)C[C@H]5/C=C\CCCCN(C)C(=O)[C@@H]4C3)cc(-c3nc(C(C)C)cs3)nc2c1F. The number of fused-ring (bicyclic) bond motifs is 4. The Bertz CT molecular complexity index is 4010. The number of hydrogen-bond acceptors (Lipinski definition) is 17. The van der Waals surface area contributed by atoms with Gasteiger partial charge in [-0.15, -0.1) is 35.8 Å². The van der Waals surface area contributed by atoms with Crippen molar-refractivity contribution in [1.29, 1.82) is 0 Å². The molecule has 1 aliphatic heterocycles. The van der Waals surface area contributed by atoms with Gasteiger partial charge in [-0.05, 0) is 132 Å². The van der Waals surface area contributed by atoms with Gasteiger partial charge in [0.25, 0.3) is 0 Å². The highest BCUT2D eigenvalue weighted by Crippen LogP contribution is 2.59. The van der Waals surface area contributed by atoms with Crippen LogP contribution in [0.2, 0.25) is 0 Å². The number of carboxylic acids is 1. The smallest absolute Gasteiger partial charge is 0.313 e. The van der Waals surface area contributed by atoms with Crippen molar-refractivity contribution in [2.24, 2.45) is 46.3 Å². The maximum Gasteiger partial charge on any atom is 0.313 e. The van der Waals surface area contributed by atoms with Gasteiger partial charge in [0.05, 0.1) is 72.2 Å². The van der Waals surface area contributed by atoms with Crippen molar-refractivity contribution in [3.63, 3.8) is 0 Å². The van der Waals surface area contributed by atoms with Gasteiger partial charge in [0.15, 0.2) is 28.6 Å². The van der Waals surface area contributed by atoms with Crippen molar-refractivity contribution >= 4 is 79.8 Å². The van der Waals surface area contributed by atoms with E-state index in [1.54, 1.807) is 55.1 Å². The van der Waals surface area contributed by atoms with Crippen LogP contribution in [-0.4, -0.2) is 135 Å². The number of aromatic nitrogens is 4. The van der Waals surface area contributed by atoms with Crippen LogP contribution >= 0.6 is 22.7 Å². The van der Waals surface area contributed by atoms with Gasteiger partial charge < -0.3 is 43.9 Å². The summed E-state index contributed by atoms with van der Waals surface area (Å²) >= 11 is 2.84. The molecule has 4 saturated carbocycles. The minimum absolute atomic E-state index is 0.0483. The van der Waals surface area contributed by atoms with Gasteiger partial charge in [-0.3, -0.25) is 33.6 Å². The minimum Gasteiger partial charge on any atom is -0.494 e. The second-order valence-corrected chi connectivity index (χ2v) is 28.7. The number of rotatable bonds is 21. The molecule has 23 heteroatoms. The van der Waals surface area contributed by atoms with Gasteiger partial charge >= 0.3 is 11.9 Å². The number of Topliss-reactive ketones (excluding diaryl/α,β-unsaturated/α-hetero) is 2. The third kappa shape index (κ3) is 16.3. The highest BCUT2D eigenvalue weighted by atomic mass is 32.1. The number of carbonyl (C=O) groups is 6. The fourth-order valence-corrected chi connectivity index (χ4v) is 15.6. The van der Waals surface area contributed by atoms with E-state index in [2.05, 4.69) is 28.1 Å². The van der Waals surface area contributed by atoms with Crippen LogP contribution in [0.5, 0.6) is 17.2 Å². The second kappa shape index (κ2) is 31.7. The van der Waals surface area contributed by atoms with Crippen LogP contribution in [0.4, 0.5) is 8.78 Å². The summed E-state index contributed by atoms with van der Waals surface area (Å²) in [7, 11) is 6.29. The molecule has 0 radical (unpaired) electrons. The molecule has 2 aromatic carbocycles. The molecule has 19 nitrogen and oxygen atoms in total. The Labute approximate surface area is 572 Å². The largest absolute Gasteiger partial charge is 0.494 e. The third-order valence-corrected chi connectivity index (χ3v) is 21.5. The third-order valence-electron chi connectivity index (χ3n) is 19.7. The van der Waals surface area contributed by atoms with E-state index < -0.39 is 64.3 Å². The Morgan fingerprint density at radius 3 is 2.14 bits per heavy atom. The number of H-pyrrole nitrogens is 1. The first kappa shape index (κ1) is 73.2. The summed E-state index contributed by atoms with van der Waals surface area (Å²) in [5.41, 5.74) is 0.835. The molecule has 0 bridgehead atoms. The first-order chi connectivity index (χ1) is 46.3. The van der Waals surface area contributed by atoms with Crippen LogP contribution in [0, 0.1) is 58.0 Å². The molecule has 6 aromatic rings. The number of ether oxygens (including phenoxy) is 4. The van der Waals surface area contributed by atoms with Gasteiger partial charge in [0.2, 0.25) is 11.8 Å². The van der Waals surface area contributed by atoms with Crippen molar-refractivity contribution in [2.75, 3.05) is 48.0 Å². The fourth-order valence-electron chi connectivity index (χ4n) is 13.7. The number of pyridine rings is 2. The summed E-state index contributed by atoms with van der Waals surface area (Å²) in [4.78, 5) is 111. The summed E-state index contributed by atoms with van der Waals surface area (Å²) in [6.07, 6.45) is 13.6. The summed E-state index contributed by atoms with van der Waals surface area (Å²) in [6.45, 7) is 18.8. The Kier molecular flexibility index (Phi) is 23.9. The number of aliphatic carboxylic acids is 1. The zero-order valence-electron chi connectivity index (χ0n) is 56.8. The van der Waals surface area contributed by atoms with E-state index in [1.165, 1.54) is 55.1 Å². The number of aliphatic hydroxyl groups is 1. The molecule has 11 rings (SSSR count). The van der Waals surface area contributed by atoms with Crippen molar-refractivity contribution < 1.29 is 66.7 Å². The summed E-state index contributed by atoms with van der Waals surface area (Å²) in [6, 6.07) is 9.42. The van der Waals surface area contributed by atoms with Crippen LogP contribution in [0.15, 0.2) is 89.4 Å². The number of nitrogens with one attached hydrogen (secondary N) is 1. The molecule has 10 atom stereocenters. The maximum absolute atomic E-state index is 15.6. The predicted octanol–water partition coefficient (Wildman–Crippen LogP) is 13.5. The van der Waals surface area contributed by atoms with E-state index in [9.17, 15) is 48.2 Å². The average molecular weight is 1370 g/mol. The Balaban J connectivity index is 0.000000185. The Morgan fingerprint density at radius 2 is 1.51 bits per heavy atom. The molecule has 0 unspecified atom stereocenters. The van der Waals surface area contributed by atoms with Gasteiger partial charge in [-0.2, -0.15) is 0 Å². The number of thiazole rings is 2. The first-order valence-electron chi connectivity index (χ1n) is 33.5. The van der Waals surface area contributed by atoms with Gasteiger partial charge in [0.1, 0.15) is 44.6 Å². The number of amides is 2. The Morgan fingerprint density at radius 1 is 0.845 bits per heavy atom. The molecule has 4 aliphatic carbocycles. The van der Waals surface area contributed by atoms with Gasteiger partial charge in [-0.25, -0.2) is 23.7 Å². The second-order valence-electron chi connectivity index (χ2n) is 27.0. The van der Waals surface area contributed by atoms with Gasteiger partial charge in [-0.1, -0.05) is 52.0 Å². The van der Waals surface area contributed by atoms with E-state index in [1.807, 2.05) is 56.7 Å². The van der Waals surface area contributed by atoms with Crippen LogP contribution in [0.3, 0.4) is 0 Å². The molecule has 5 heterocycles. The van der Waals surface area contributed by atoms with Crippen molar-refractivity contribution in [3.8, 4) is 38.7 Å². The van der Waals surface area contributed by atoms with Crippen LogP contribution in [-0.2, 0) is 33.5 Å². The standard InChI is InChI=1S/C35H40FN3O6S.C23H35NO5.C16H15FN2O2S/c1-19(2)26-18-46-32(38-26)25-15-29(22-10-11-28(44-4)30(36)31(22)37-25)45-21-13-23-24(14-21)33(41)39(3)12-8-6-5-7-9-20-16-35(20,34(42)43)17-27(23)40;1-5-8-9-10-11-24(4)21(27)19-13-17(25)12-18(19)20(26)15-23(14-16(23)6-2)22(28)29-7-3;1-8(2)11-7-22-16(19-11)10-6-12(20)9-4-5-13(21-3)14(17)15(9)18-10/h7,9-11,15,18-21,23-24H,5-6,8,12-14,16-17H2,1-4H3,(H,42,43);5-6,16-19,25H,1-2,7-15H2,3-4H3;4-8H,1-3H3,(H,18,20)/b9-7-;;/t20-,21-,23-,24-,35-;16-,17+,18-,19-,23-;/m11./s1. The summed E-state index contributed by atoms with van der Waals surface area (Å²) in [5, 5.41) is 26.2. The van der Waals surface area contributed by atoms with Gasteiger partial charge in [0, 0.05) is 85.5 Å². The number of carbonyl (C=O) groups excluding carboxylic acids is 5. The number of halogens is 2. The molecule has 4 aromatic heterocycles. The molecular formula is C74H90F2N6O13S2. The van der Waals surface area contributed by atoms with E-state index in [4.69, 9.17) is 23.9 Å². The number of methoxy groups -OCH3 is 2. The Hall–Kier alpha value is -8.02. The van der Waals surface area contributed by atoms with Crippen molar-refractivity contribution in [2.45, 2.75) is 149 Å². The van der Waals surface area contributed by atoms with Crippen molar-refractivity contribution in [1.82, 2.24) is 29.7 Å². The van der Waals surface area contributed by atoms with Crippen LogP contribution < -0.4 is 19.6 Å². The molecular weight excluding hydrogens is 1280 g/mol. The number of carboxylic acid groups (broad SMARTS) is 1. The van der Waals surface area contributed by atoms with E-state index in [0.29, 0.717) is 76.2 Å². The van der Waals surface area contributed by atoms with Crippen LogP contribution in [0.25, 0.3) is 43.2 Å². The number of benzene rings is 2. The lowest BCUT2D eigenvalue weighted by Crippen LogP contribution is -2.38.